The molecule has 1 aliphatic rings. The standard InChI is InChI=1S/C30H29N3O2S/c1-19(2)22-12-14-25(15-13-22)33-29(35)27(17-23-10-6-5-9-21(23)4)36-30(33)26(18-31)28(34)32-24-11-7-8-20(3)16-24/h5-16,19,27H,17H2,1-4H3,(H,32,34)/b30-26-. The van der Waals surface area contributed by atoms with Gasteiger partial charge in [-0.3, -0.25) is 14.5 Å². The first-order chi connectivity index (χ1) is 17.3. The quantitative estimate of drug-likeness (QED) is 0.313. The number of carbonyl (C=O) groups excluding carboxylic acids is 2. The molecule has 1 heterocycles. The number of thioether (sulfide) groups is 1. The van der Waals surface area contributed by atoms with E-state index in [1.807, 2.05) is 80.6 Å². The molecule has 36 heavy (non-hydrogen) atoms. The van der Waals surface area contributed by atoms with Crippen molar-refractivity contribution >= 4 is 35.0 Å². The maximum atomic E-state index is 13.7. The zero-order valence-electron chi connectivity index (χ0n) is 20.9. The number of anilines is 2. The minimum atomic E-state index is -0.529. The molecule has 0 aliphatic carbocycles. The molecule has 0 saturated carbocycles. The van der Waals surface area contributed by atoms with Crippen molar-refractivity contribution in [2.75, 3.05) is 10.2 Å². The second-order valence-electron chi connectivity index (χ2n) is 9.27. The van der Waals surface area contributed by atoms with E-state index >= 15 is 0 Å². The summed E-state index contributed by atoms with van der Waals surface area (Å²) in [5, 5.41) is 12.8. The van der Waals surface area contributed by atoms with Gasteiger partial charge in [0.15, 0.2) is 0 Å². The average molecular weight is 496 g/mol. The lowest BCUT2D eigenvalue weighted by Gasteiger charge is -2.19. The van der Waals surface area contributed by atoms with Gasteiger partial charge in [0, 0.05) is 11.4 Å². The van der Waals surface area contributed by atoms with Gasteiger partial charge in [0.2, 0.25) is 5.91 Å². The van der Waals surface area contributed by atoms with Crippen LogP contribution in [-0.2, 0) is 16.0 Å². The third-order valence-corrected chi connectivity index (χ3v) is 7.53. The van der Waals surface area contributed by atoms with Crippen LogP contribution in [0.25, 0.3) is 0 Å². The zero-order valence-corrected chi connectivity index (χ0v) is 21.7. The van der Waals surface area contributed by atoms with Crippen LogP contribution in [0.2, 0.25) is 0 Å². The topological polar surface area (TPSA) is 73.2 Å². The average Bonchev–Trinajstić information content (AvgIpc) is 3.16. The van der Waals surface area contributed by atoms with E-state index in [0.717, 1.165) is 22.3 Å². The Morgan fingerprint density at radius 3 is 2.42 bits per heavy atom. The fourth-order valence-electron chi connectivity index (χ4n) is 4.19. The van der Waals surface area contributed by atoms with Gasteiger partial charge < -0.3 is 5.32 Å². The Labute approximate surface area is 216 Å². The van der Waals surface area contributed by atoms with Gasteiger partial charge in [-0.05, 0) is 72.7 Å². The molecule has 5 nitrogen and oxygen atoms in total. The van der Waals surface area contributed by atoms with Gasteiger partial charge in [0.05, 0.1) is 5.25 Å². The predicted octanol–water partition coefficient (Wildman–Crippen LogP) is 6.49. The van der Waals surface area contributed by atoms with E-state index in [9.17, 15) is 14.9 Å². The summed E-state index contributed by atoms with van der Waals surface area (Å²) in [4.78, 5) is 28.5. The molecule has 3 aromatic carbocycles. The molecule has 1 unspecified atom stereocenters. The van der Waals surface area contributed by atoms with Crippen LogP contribution in [0.3, 0.4) is 0 Å². The summed E-state index contributed by atoms with van der Waals surface area (Å²) in [7, 11) is 0. The molecule has 1 fully saturated rings. The summed E-state index contributed by atoms with van der Waals surface area (Å²) in [6, 6.07) is 25.2. The number of benzene rings is 3. The predicted molar refractivity (Wildman–Crippen MR) is 147 cm³/mol. The summed E-state index contributed by atoms with van der Waals surface area (Å²) in [5.74, 6) is -0.313. The molecular weight excluding hydrogens is 466 g/mol. The summed E-state index contributed by atoms with van der Waals surface area (Å²) in [5.41, 5.74) is 5.50. The molecule has 6 heteroatoms. The lowest BCUT2D eigenvalue weighted by Crippen LogP contribution is -2.31. The van der Waals surface area contributed by atoms with Crippen LogP contribution >= 0.6 is 11.8 Å². The molecule has 1 aliphatic heterocycles. The summed E-state index contributed by atoms with van der Waals surface area (Å²) >= 11 is 1.28. The Bertz CT molecular complexity index is 1370. The molecule has 182 valence electrons. The van der Waals surface area contributed by atoms with Gasteiger partial charge in [-0.1, -0.05) is 74.1 Å². The molecular formula is C30H29N3O2S. The number of amides is 2. The van der Waals surface area contributed by atoms with Crippen LogP contribution in [-0.4, -0.2) is 17.1 Å². The molecule has 3 aromatic rings. The minimum Gasteiger partial charge on any atom is -0.321 e. The lowest BCUT2D eigenvalue weighted by atomic mass is 10.0. The van der Waals surface area contributed by atoms with Crippen molar-refractivity contribution in [1.29, 1.82) is 5.26 Å². The van der Waals surface area contributed by atoms with Crippen LogP contribution in [0.5, 0.6) is 0 Å². The second-order valence-corrected chi connectivity index (χ2v) is 10.5. The fraction of sp³-hybridized carbons (Fsp3) is 0.233. The number of nitrogens with one attached hydrogen (secondary N) is 1. The number of rotatable bonds is 6. The fourth-order valence-corrected chi connectivity index (χ4v) is 5.48. The number of hydrogen-bond donors (Lipinski definition) is 1. The van der Waals surface area contributed by atoms with Crippen molar-refractivity contribution < 1.29 is 9.59 Å². The highest BCUT2D eigenvalue weighted by Gasteiger charge is 2.41. The van der Waals surface area contributed by atoms with Crippen molar-refractivity contribution in [3.63, 3.8) is 0 Å². The van der Waals surface area contributed by atoms with Gasteiger partial charge in [-0.2, -0.15) is 5.26 Å². The summed E-state index contributed by atoms with van der Waals surface area (Å²) < 4.78 is 0. The molecule has 1 atom stereocenters. The van der Waals surface area contributed by atoms with Crippen molar-refractivity contribution in [2.45, 2.75) is 45.3 Å². The van der Waals surface area contributed by atoms with Crippen molar-refractivity contribution in [2.24, 2.45) is 0 Å². The van der Waals surface area contributed by atoms with Crippen LogP contribution in [0.15, 0.2) is 83.4 Å². The van der Waals surface area contributed by atoms with E-state index in [4.69, 9.17) is 0 Å². The van der Waals surface area contributed by atoms with Gasteiger partial charge in [0.1, 0.15) is 16.7 Å². The zero-order chi connectivity index (χ0) is 25.8. The largest absolute Gasteiger partial charge is 0.321 e. The molecule has 0 bridgehead atoms. The van der Waals surface area contributed by atoms with Crippen LogP contribution in [0.1, 0.15) is 42.0 Å². The molecule has 2 amide bonds. The third-order valence-electron chi connectivity index (χ3n) is 6.27. The van der Waals surface area contributed by atoms with Crippen molar-refractivity contribution in [1.82, 2.24) is 0 Å². The number of carbonyl (C=O) groups is 2. The monoisotopic (exact) mass is 495 g/mol. The van der Waals surface area contributed by atoms with Gasteiger partial charge in [0.25, 0.3) is 5.91 Å². The van der Waals surface area contributed by atoms with Crippen LogP contribution < -0.4 is 10.2 Å². The van der Waals surface area contributed by atoms with E-state index in [-0.39, 0.29) is 11.5 Å². The molecule has 0 spiro atoms. The van der Waals surface area contributed by atoms with Gasteiger partial charge in [-0.25, -0.2) is 0 Å². The Morgan fingerprint density at radius 1 is 1.06 bits per heavy atom. The highest BCUT2D eigenvalue weighted by Crippen LogP contribution is 2.42. The van der Waals surface area contributed by atoms with E-state index in [1.54, 1.807) is 6.07 Å². The molecule has 4 rings (SSSR count). The maximum Gasteiger partial charge on any atom is 0.269 e. The van der Waals surface area contributed by atoms with Crippen molar-refractivity contribution in [3.05, 3.63) is 106 Å². The molecule has 0 aromatic heterocycles. The lowest BCUT2D eigenvalue weighted by molar-refractivity contribution is -0.117. The number of aryl methyl sites for hydroxylation is 2. The highest BCUT2D eigenvalue weighted by molar-refractivity contribution is 8.05. The van der Waals surface area contributed by atoms with E-state index in [0.29, 0.717) is 28.7 Å². The van der Waals surface area contributed by atoms with Crippen molar-refractivity contribution in [3.8, 4) is 6.07 Å². The minimum absolute atomic E-state index is 0.0740. The second kappa shape index (κ2) is 10.8. The first-order valence-corrected chi connectivity index (χ1v) is 12.8. The maximum absolute atomic E-state index is 13.7. The Hall–Kier alpha value is -3.82. The highest BCUT2D eigenvalue weighted by atomic mass is 32.2. The van der Waals surface area contributed by atoms with Gasteiger partial charge in [-0.15, -0.1) is 0 Å². The Balaban J connectivity index is 1.74. The third kappa shape index (κ3) is 5.37. The Morgan fingerprint density at radius 2 is 1.78 bits per heavy atom. The van der Waals surface area contributed by atoms with Crippen LogP contribution in [0, 0.1) is 25.2 Å². The molecule has 0 radical (unpaired) electrons. The van der Waals surface area contributed by atoms with E-state index in [1.165, 1.54) is 16.7 Å². The van der Waals surface area contributed by atoms with Gasteiger partial charge >= 0.3 is 0 Å². The SMILES string of the molecule is Cc1cccc(NC(=O)/C(C#N)=C2\SC(Cc3ccccc3C)C(=O)N2c2ccc(C(C)C)cc2)c1. The summed E-state index contributed by atoms with van der Waals surface area (Å²) in [6.45, 7) is 8.18. The number of nitrogens with zero attached hydrogens (tertiary/aromatic N) is 2. The smallest absolute Gasteiger partial charge is 0.269 e. The van der Waals surface area contributed by atoms with E-state index in [2.05, 4.69) is 25.2 Å². The van der Waals surface area contributed by atoms with Crippen LogP contribution in [0.4, 0.5) is 11.4 Å². The molecule has 1 saturated heterocycles. The number of nitriles is 1. The van der Waals surface area contributed by atoms with E-state index < -0.39 is 11.2 Å². The normalized spacial score (nSPS) is 16.7. The number of hydrogen-bond acceptors (Lipinski definition) is 4. The summed E-state index contributed by atoms with van der Waals surface area (Å²) in [6.07, 6.45) is 0.512. The first-order valence-electron chi connectivity index (χ1n) is 12.0. The Kier molecular flexibility index (Phi) is 7.61. The first kappa shape index (κ1) is 25.3. The molecule has 1 N–H and O–H groups in total.